The number of aliphatic hydroxyl groups excluding tert-OH is 2. The second-order valence-corrected chi connectivity index (χ2v) is 11.0. The second-order valence-electron chi connectivity index (χ2n) is 11.0. The van der Waals surface area contributed by atoms with Gasteiger partial charge in [-0.25, -0.2) is 0 Å². The average Bonchev–Trinajstić information content (AvgIpc) is 3.54. The highest BCUT2D eigenvalue weighted by Gasteiger charge is 2.25. The van der Waals surface area contributed by atoms with Crippen LogP contribution in [-0.4, -0.2) is 63.6 Å². The number of aryl methyl sites for hydroxylation is 1. The lowest BCUT2D eigenvalue weighted by Crippen LogP contribution is -2.24. The first-order valence-electron chi connectivity index (χ1n) is 14.6. The highest BCUT2D eigenvalue weighted by Crippen LogP contribution is 2.36. The number of phenolic OH excluding ortho intramolecular Hbond substituents is 1. The average molecular weight is 534 g/mol. The summed E-state index contributed by atoms with van der Waals surface area (Å²) < 4.78 is 11.8. The number of hydrogen-bond donors (Lipinski definition) is 3. The van der Waals surface area contributed by atoms with Crippen LogP contribution in [-0.2, 0) is 27.3 Å². The summed E-state index contributed by atoms with van der Waals surface area (Å²) in [5, 5.41) is 30.5. The van der Waals surface area contributed by atoms with Crippen LogP contribution in [0.3, 0.4) is 0 Å². The molecule has 1 saturated carbocycles. The van der Waals surface area contributed by atoms with Gasteiger partial charge in [0.2, 0.25) is 5.91 Å². The number of aromatic hydroxyl groups is 1. The third kappa shape index (κ3) is 10.1. The summed E-state index contributed by atoms with van der Waals surface area (Å²) >= 11 is 0. The number of carbonyl (C=O) groups is 2. The lowest BCUT2D eigenvalue weighted by Gasteiger charge is -2.22. The highest BCUT2D eigenvalue weighted by molar-refractivity contribution is 5.78. The van der Waals surface area contributed by atoms with Gasteiger partial charge in [-0.15, -0.1) is 0 Å². The summed E-state index contributed by atoms with van der Waals surface area (Å²) in [5.74, 6) is 0.299. The second kappa shape index (κ2) is 15.9. The van der Waals surface area contributed by atoms with Crippen molar-refractivity contribution >= 4 is 11.9 Å². The van der Waals surface area contributed by atoms with Gasteiger partial charge < -0.3 is 29.7 Å². The Labute approximate surface area is 227 Å². The number of esters is 1. The van der Waals surface area contributed by atoms with Crippen LogP contribution in [0.5, 0.6) is 11.5 Å². The van der Waals surface area contributed by atoms with Gasteiger partial charge in [-0.1, -0.05) is 31.7 Å². The third-order valence-corrected chi connectivity index (χ3v) is 7.66. The van der Waals surface area contributed by atoms with E-state index >= 15 is 0 Å². The van der Waals surface area contributed by atoms with Gasteiger partial charge in [0.05, 0.1) is 12.2 Å². The molecule has 1 aromatic rings. The van der Waals surface area contributed by atoms with E-state index in [0.717, 1.165) is 69.8 Å². The molecule has 1 aromatic carbocycles. The summed E-state index contributed by atoms with van der Waals surface area (Å²) in [6, 6.07) is 3.80. The van der Waals surface area contributed by atoms with E-state index in [4.69, 9.17) is 14.6 Å². The van der Waals surface area contributed by atoms with Gasteiger partial charge >= 0.3 is 5.97 Å². The summed E-state index contributed by atoms with van der Waals surface area (Å²) in [6.45, 7) is 2.65. The molecule has 2 aliphatic rings. The Bertz CT molecular complexity index is 884. The fraction of sp³-hybridized carbons (Fsp3) is 0.733. The van der Waals surface area contributed by atoms with Gasteiger partial charge in [-0.3, -0.25) is 9.59 Å². The topological polar surface area (TPSA) is 117 Å². The number of carbonyl (C=O) groups excluding carboxylic acids is 2. The lowest BCUT2D eigenvalue weighted by atomic mass is 9.98. The number of aliphatic hydroxyl groups is 2. The van der Waals surface area contributed by atoms with Crippen LogP contribution in [0.2, 0.25) is 0 Å². The van der Waals surface area contributed by atoms with Crippen LogP contribution in [0.15, 0.2) is 12.1 Å². The minimum atomic E-state index is -0.546. The standard InChI is InChI=1S/C30H47NO7/c1-22(33)37-27(20-25(34)10-5-3-2-4-8-17-32)15-14-23-18-24(21-31-16-9-13-29(31)35)30(36)28(19-23)38-26-11-6-7-12-26/h18-19,25-27,32,34,36H,2-17,20-21H2,1H3. The maximum absolute atomic E-state index is 12.2. The smallest absolute Gasteiger partial charge is 0.302 e. The largest absolute Gasteiger partial charge is 0.504 e. The van der Waals surface area contributed by atoms with E-state index in [2.05, 4.69) is 0 Å². The van der Waals surface area contributed by atoms with Gasteiger partial charge in [0.15, 0.2) is 11.5 Å². The molecule has 8 heteroatoms. The molecule has 2 fully saturated rings. The molecule has 3 N–H and O–H groups in total. The van der Waals surface area contributed by atoms with E-state index in [1.54, 1.807) is 4.90 Å². The summed E-state index contributed by atoms with van der Waals surface area (Å²) in [4.78, 5) is 25.8. The van der Waals surface area contributed by atoms with E-state index < -0.39 is 12.2 Å². The molecule has 3 rings (SSSR count). The zero-order valence-corrected chi connectivity index (χ0v) is 23.0. The van der Waals surface area contributed by atoms with Crippen LogP contribution in [0.4, 0.5) is 0 Å². The van der Waals surface area contributed by atoms with Crippen molar-refractivity contribution in [3.05, 3.63) is 23.3 Å². The third-order valence-electron chi connectivity index (χ3n) is 7.66. The molecule has 1 heterocycles. The molecule has 8 nitrogen and oxygen atoms in total. The van der Waals surface area contributed by atoms with Crippen molar-refractivity contribution in [3.63, 3.8) is 0 Å². The molecule has 1 amide bonds. The number of likely N-dealkylation sites (tertiary alicyclic amines) is 1. The van der Waals surface area contributed by atoms with Gasteiger partial charge in [-0.2, -0.15) is 0 Å². The zero-order chi connectivity index (χ0) is 27.3. The van der Waals surface area contributed by atoms with Crippen molar-refractivity contribution in [2.75, 3.05) is 13.2 Å². The van der Waals surface area contributed by atoms with Crippen LogP contribution in [0, 0.1) is 0 Å². The Morgan fingerprint density at radius 3 is 2.50 bits per heavy atom. The monoisotopic (exact) mass is 533 g/mol. The van der Waals surface area contributed by atoms with Gasteiger partial charge in [0.25, 0.3) is 0 Å². The van der Waals surface area contributed by atoms with E-state index in [9.17, 15) is 19.8 Å². The molecule has 2 atom stereocenters. The van der Waals surface area contributed by atoms with Crippen molar-refractivity contribution in [1.29, 1.82) is 0 Å². The molecule has 38 heavy (non-hydrogen) atoms. The molecule has 0 radical (unpaired) electrons. The van der Waals surface area contributed by atoms with Gasteiger partial charge in [0, 0.05) is 45.0 Å². The molecule has 1 aliphatic heterocycles. The van der Waals surface area contributed by atoms with E-state index in [1.807, 2.05) is 12.1 Å². The number of amides is 1. The van der Waals surface area contributed by atoms with Gasteiger partial charge in [-0.05, 0) is 69.4 Å². The zero-order valence-electron chi connectivity index (χ0n) is 23.0. The minimum Gasteiger partial charge on any atom is -0.504 e. The molecule has 2 unspecified atom stereocenters. The quantitative estimate of drug-likeness (QED) is 0.195. The van der Waals surface area contributed by atoms with E-state index in [1.165, 1.54) is 6.92 Å². The predicted octanol–water partition coefficient (Wildman–Crippen LogP) is 4.78. The summed E-state index contributed by atoms with van der Waals surface area (Å²) in [5.41, 5.74) is 1.63. The van der Waals surface area contributed by atoms with Crippen LogP contribution >= 0.6 is 0 Å². The fourth-order valence-electron chi connectivity index (χ4n) is 5.58. The first-order valence-corrected chi connectivity index (χ1v) is 14.6. The molecule has 0 bridgehead atoms. The van der Waals surface area contributed by atoms with E-state index in [-0.39, 0.29) is 30.3 Å². The molecule has 0 aromatic heterocycles. The normalized spacial score (nSPS) is 17.7. The molecule has 1 saturated heterocycles. The van der Waals surface area contributed by atoms with Crippen molar-refractivity contribution < 1.29 is 34.4 Å². The fourth-order valence-corrected chi connectivity index (χ4v) is 5.58. The molecular weight excluding hydrogens is 486 g/mol. The van der Waals surface area contributed by atoms with E-state index in [0.29, 0.717) is 56.5 Å². The van der Waals surface area contributed by atoms with Crippen LogP contribution < -0.4 is 4.74 Å². The number of rotatable bonds is 17. The molecule has 1 aliphatic carbocycles. The number of phenols is 1. The number of unbranched alkanes of at least 4 members (excludes halogenated alkanes) is 4. The maximum atomic E-state index is 12.2. The van der Waals surface area contributed by atoms with Crippen LogP contribution in [0.1, 0.15) is 108 Å². The summed E-state index contributed by atoms with van der Waals surface area (Å²) in [7, 11) is 0. The Morgan fingerprint density at radius 2 is 1.82 bits per heavy atom. The predicted molar refractivity (Wildman–Crippen MR) is 145 cm³/mol. The molecule has 0 spiro atoms. The minimum absolute atomic E-state index is 0.0880. The van der Waals surface area contributed by atoms with Crippen molar-refractivity contribution in [1.82, 2.24) is 4.90 Å². The molecule has 214 valence electrons. The Morgan fingerprint density at radius 1 is 1.08 bits per heavy atom. The summed E-state index contributed by atoms with van der Waals surface area (Å²) in [6.07, 6.45) is 11.6. The Hall–Kier alpha value is -2.32. The number of ether oxygens (including phenoxy) is 2. The Balaban J connectivity index is 1.64. The SMILES string of the molecule is CC(=O)OC(CCc1cc(CN2CCCC2=O)c(O)c(OC2CCCC2)c1)CC(O)CCCCCCCO. The lowest BCUT2D eigenvalue weighted by molar-refractivity contribution is -0.148. The van der Waals surface area contributed by atoms with Crippen molar-refractivity contribution in [2.45, 2.75) is 128 Å². The first-order chi connectivity index (χ1) is 18.4. The number of hydrogen-bond acceptors (Lipinski definition) is 7. The van der Waals surface area contributed by atoms with Crippen molar-refractivity contribution in [2.24, 2.45) is 0 Å². The van der Waals surface area contributed by atoms with Gasteiger partial charge in [0.1, 0.15) is 6.10 Å². The van der Waals surface area contributed by atoms with Crippen LogP contribution in [0.25, 0.3) is 0 Å². The highest BCUT2D eigenvalue weighted by atomic mass is 16.5. The maximum Gasteiger partial charge on any atom is 0.302 e. The van der Waals surface area contributed by atoms with Crippen molar-refractivity contribution in [3.8, 4) is 11.5 Å². The Kier molecular flexibility index (Phi) is 12.7. The number of nitrogens with zero attached hydrogens (tertiary/aromatic N) is 1. The number of benzene rings is 1. The molecular formula is C30H47NO7. The first kappa shape index (κ1) is 30.2.